The number of unbranched alkanes of at least 4 members (excludes halogenated alkanes) is 7. The number of carbonyl (C=O) groups excluding carboxylic acids is 2. The maximum absolute atomic E-state index is 13.3. The molecule has 0 aromatic carbocycles. The molecule has 12 atom stereocenters. The average Bonchev–Trinajstić information content (AvgIpc) is 3.33. The van der Waals surface area contributed by atoms with Crippen molar-refractivity contribution in [1.29, 1.82) is 0 Å². The normalized spacial score (nSPS) is 30.5. The van der Waals surface area contributed by atoms with Crippen LogP contribution in [0.4, 0.5) is 5.82 Å². The van der Waals surface area contributed by atoms with E-state index >= 15 is 0 Å². The Hall–Kier alpha value is -3.40. The van der Waals surface area contributed by atoms with Gasteiger partial charge in [-0.05, 0) is 70.3 Å². The number of aliphatic hydroxyl groups is 5. The summed E-state index contributed by atoms with van der Waals surface area (Å²) in [6, 6.07) is 1.26. The van der Waals surface area contributed by atoms with E-state index in [9.17, 15) is 58.8 Å². The number of phosphoric acid groups is 2. The molecule has 21 nitrogen and oxygen atoms in total. The van der Waals surface area contributed by atoms with Gasteiger partial charge in [0.2, 0.25) is 0 Å². The highest BCUT2D eigenvalue weighted by molar-refractivity contribution is 7.61. The highest BCUT2D eigenvalue weighted by Gasteiger charge is 2.45. The van der Waals surface area contributed by atoms with Gasteiger partial charge in [0.25, 0.3) is 0 Å². The van der Waals surface area contributed by atoms with Gasteiger partial charge in [0.05, 0.1) is 37.6 Å². The fourth-order valence-electron chi connectivity index (χ4n) is 8.33. The van der Waals surface area contributed by atoms with E-state index in [1.165, 1.54) is 43.7 Å². The predicted octanol–water partition coefficient (Wildman–Crippen LogP) is 6.94. The molecule has 0 radical (unpaired) electrons. The number of nitrogen functional groups attached to an aromatic ring is 1. The zero-order valence-electron chi connectivity index (χ0n) is 42.5. The highest BCUT2D eigenvalue weighted by Crippen LogP contribution is 2.60. The Morgan fingerprint density at radius 2 is 1.48 bits per heavy atom. The quantitative estimate of drug-likeness (QED) is 0.0252. The van der Waals surface area contributed by atoms with Crippen LogP contribution in [0, 0.1) is 11.8 Å². The van der Waals surface area contributed by atoms with Gasteiger partial charge in [-0.25, -0.2) is 13.9 Å². The zero-order chi connectivity index (χ0) is 53.7. The molecule has 9 N–H and O–H groups in total. The number of phosphoric ester groups is 2. The number of carbonyl (C=O) groups is 2. The largest absolute Gasteiger partial charge is 0.481 e. The lowest BCUT2D eigenvalue weighted by Crippen LogP contribution is -2.52. The number of hydrogen-bond acceptors (Lipinski definition) is 18. The van der Waals surface area contributed by atoms with E-state index in [2.05, 4.69) is 46.6 Å². The van der Waals surface area contributed by atoms with Gasteiger partial charge in [0.15, 0.2) is 6.10 Å². The minimum absolute atomic E-state index is 0.0371. The van der Waals surface area contributed by atoms with Crippen LogP contribution in [0.2, 0.25) is 0 Å². The zero-order valence-corrected chi connectivity index (χ0v) is 44.3. The standard InChI is InChI=1S/C50H83N3O18P2/c1-3-5-7-8-9-10-11-12-13-14-15-16-17-18-23-27-45(57)66-34-38-35-67-72(62,63)71-73(64,65)68-36-43-48(60)47(59)39(30-29-37(54)25-21-6-4-2)41(55)33-42(56)40(26-22-19-20-24-28-46(58)69-38)49(70-43)53-32-31-44(51)52-50(53)61/h9-10,12-13,15-16,29-32,37-43,47-49,54-56,59-60H,3-8,11,14,17-28,33-36H2,1-2H3,(H,62,63)(H,64,65)(H2,51,52,61)/b10-9-,13-12-,16-15-,30-29-/t37-,38+,39-,40-,41+,42-,43+,47-,48+,49+/m0/s1. The summed E-state index contributed by atoms with van der Waals surface area (Å²) in [6.07, 6.45) is 15.7. The van der Waals surface area contributed by atoms with Gasteiger partial charge in [-0.15, -0.1) is 0 Å². The summed E-state index contributed by atoms with van der Waals surface area (Å²) in [5.41, 5.74) is 4.81. The van der Waals surface area contributed by atoms with Crippen LogP contribution >= 0.6 is 15.6 Å². The molecule has 2 bridgehead atoms. The fraction of sp³-hybridized carbons (Fsp3) is 0.720. The molecule has 2 unspecified atom stereocenters. The molecule has 3 heterocycles. The summed E-state index contributed by atoms with van der Waals surface area (Å²) < 4.78 is 59.0. The predicted molar refractivity (Wildman–Crippen MR) is 272 cm³/mol. The van der Waals surface area contributed by atoms with Gasteiger partial charge in [-0.1, -0.05) is 114 Å². The van der Waals surface area contributed by atoms with E-state index < -0.39 is 120 Å². The van der Waals surface area contributed by atoms with Crippen molar-refractivity contribution < 1.29 is 81.6 Å². The van der Waals surface area contributed by atoms with Crippen molar-refractivity contribution in [2.75, 3.05) is 25.6 Å². The first-order valence-electron chi connectivity index (χ1n) is 25.9. The molecule has 416 valence electrons. The number of ether oxygens (including phenoxy) is 3. The second kappa shape index (κ2) is 35.0. The number of anilines is 1. The van der Waals surface area contributed by atoms with Crippen molar-refractivity contribution in [2.24, 2.45) is 11.8 Å². The number of hydrogen-bond donors (Lipinski definition) is 8. The number of nitrogens with two attached hydrogens (primary N) is 1. The second-order valence-corrected chi connectivity index (χ2v) is 21.7. The minimum atomic E-state index is -5.70. The van der Waals surface area contributed by atoms with E-state index in [-0.39, 0.29) is 31.5 Å². The number of esters is 2. The topological polar surface area (TPSA) is 326 Å². The van der Waals surface area contributed by atoms with Crippen LogP contribution in [0.3, 0.4) is 0 Å². The molecule has 2 saturated heterocycles. The molecule has 73 heavy (non-hydrogen) atoms. The van der Waals surface area contributed by atoms with Crippen molar-refractivity contribution in [2.45, 2.75) is 198 Å². The Bertz CT molecular complexity index is 2040. The van der Waals surface area contributed by atoms with Crippen molar-refractivity contribution in [3.63, 3.8) is 0 Å². The van der Waals surface area contributed by atoms with Crippen molar-refractivity contribution in [3.05, 3.63) is 71.4 Å². The smallest absolute Gasteiger partial charge is 0.462 e. The van der Waals surface area contributed by atoms with Crippen molar-refractivity contribution in [1.82, 2.24) is 9.55 Å². The number of aliphatic hydroxyl groups excluding tert-OH is 5. The summed E-state index contributed by atoms with van der Waals surface area (Å²) in [7, 11) is -11.3. The summed E-state index contributed by atoms with van der Waals surface area (Å²) in [6.45, 7) is 1.47. The third-order valence-electron chi connectivity index (χ3n) is 12.5. The van der Waals surface area contributed by atoms with Gasteiger partial charge >= 0.3 is 33.3 Å². The molecule has 2 fully saturated rings. The van der Waals surface area contributed by atoms with E-state index in [0.29, 0.717) is 44.9 Å². The number of fused-ring (bicyclic) bond motifs is 3. The lowest BCUT2D eigenvalue weighted by atomic mass is 9.82. The van der Waals surface area contributed by atoms with Crippen LogP contribution in [-0.4, -0.2) is 119 Å². The van der Waals surface area contributed by atoms with E-state index in [1.54, 1.807) is 0 Å². The summed E-state index contributed by atoms with van der Waals surface area (Å²) in [5, 5.41) is 57.5. The Kier molecular flexibility index (Phi) is 30.7. The third kappa shape index (κ3) is 25.8. The van der Waals surface area contributed by atoms with Crippen LogP contribution in [0.5, 0.6) is 0 Å². The van der Waals surface area contributed by atoms with Gasteiger partial charge in [0, 0.05) is 37.3 Å². The Labute approximate surface area is 429 Å². The summed E-state index contributed by atoms with van der Waals surface area (Å²) in [4.78, 5) is 64.1. The number of aromatic nitrogens is 2. The van der Waals surface area contributed by atoms with Crippen LogP contribution in [0.15, 0.2) is 65.7 Å². The van der Waals surface area contributed by atoms with Gasteiger partial charge in [-0.2, -0.15) is 9.29 Å². The monoisotopic (exact) mass is 1080 g/mol. The number of nitrogens with zero attached hydrogens (tertiary/aromatic N) is 2. The van der Waals surface area contributed by atoms with Crippen LogP contribution < -0.4 is 11.4 Å². The van der Waals surface area contributed by atoms with Crippen LogP contribution in [0.1, 0.15) is 155 Å². The first-order chi connectivity index (χ1) is 34.9. The molecular weight excluding hydrogens is 993 g/mol. The van der Waals surface area contributed by atoms with E-state index in [0.717, 1.165) is 43.1 Å². The molecule has 1 aromatic heterocycles. The molecule has 1 aromatic rings. The molecule has 0 spiro atoms. The molecular formula is C50H83N3O18P2. The second-order valence-electron chi connectivity index (χ2n) is 18.6. The Balaban J connectivity index is 1.78. The van der Waals surface area contributed by atoms with Crippen LogP contribution in [0.25, 0.3) is 0 Å². The van der Waals surface area contributed by atoms with E-state index in [1.807, 2.05) is 13.0 Å². The maximum Gasteiger partial charge on any atom is 0.481 e. The molecule has 0 aliphatic carbocycles. The molecule has 3 rings (SSSR count). The Morgan fingerprint density at radius 3 is 2.15 bits per heavy atom. The molecule has 0 saturated carbocycles. The third-order valence-corrected chi connectivity index (χ3v) is 15.1. The first-order valence-corrected chi connectivity index (χ1v) is 28.9. The summed E-state index contributed by atoms with van der Waals surface area (Å²) in [5.74, 6) is -4.03. The molecule has 0 amide bonds. The lowest BCUT2D eigenvalue weighted by molar-refractivity contribution is -0.195. The van der Waals surface area contributed by atoms with Crippen LogP contribution in [-0.2, 0) is 46.3 Å². The average molecular weight is 1080 g/mol. The van der Waals surface area contributed by atoms with Gasteiger partial charge in [0.1, 0.15) is 30.9 Å². The molecule has 23 heteroatoms. The van der Waals surface area contributed by atoms with Gasteiger partial charge in [-0.3, -0.25) is 23.2 Å². The lowest BCUT2D eigenvalue weighted by Gasteiger charge is -2.41. The van der Waals surface area contributed by atoms with E-state index in [4.69, 9.17) is 29.0 Å². The summed E-state index contributed by atoms with van der Waals surface area (Å²) >= 11 is 0. The number of cyclic esters (lactones) is 1. The van der Waals surface area contributed by atoms with Crippen molar-refractivity contribution >= 4 is 33.4 Å². The van der Waals surface area contributed by atoms with Gasteiger partial charge < -0.3 is 55.3 Å². The highest BCUT2D eigenvalue weighted by atomic mass is 31.3. The fourth-order valence-corrected chi connectivity index (χ4v) is 10.4. The Morgan fingerprint density at radius 1 is 0.849 bits per heavy atom. The molecule has 2 aliphatic rings. The number of rotatable bonds is 22. The SMILES string of the molecule is CCCCC/C=C\C/C=C\C/C=C\CCCCC(=O)OC[C@@H]1COP(=O)(O)OP(=O)(O)OC[C@H]2O[C@@H](n3ccc(N)nc3=O)[C@@H](CCCCCCC(=O)O1)[C@@H](O)C[C@@H](O)[C@H](/C=C\[C@@H](O)CCCCC)[C@H](O)[C@@H]2O. The minimum Gasteiger partial charge on any atom is -0.462 e. The number of allylic oxidation sites excluding steroid dienone is 6. The molecule has 2 aliphatic heterocycles. The maximum atomic E-state index is 13.3. The first kappa shape index (κ1) is 63.9. The van der Waals surface area contributed by atoms with Crippen molar-refractivity contribution in [3.8, 4) is 0 Å².